The largest absolute Gasteiger partial charge is 0.489 e. The highest BCUT2D eigenvalue weighted by atomic mass is 16.5. The molecule has 8 heteroatoms. The summed E-state index contributed by atoms with van der Waals surface area (Å²) < 4.78 is 7.97. The molecule has 164 valence electrons. The average molecular weight is 431 g/mol. The maximum atomic E-state index is 13.1. The third-order valence-electron chi connectivity index (χ3n) is 6.04. The van der Waals surface area contributed by atoms with Crippen molar-refractivity contribution in [3.63, 3.8) is 0 Å². The first-order valence-corrected chi connectivity index (χ1v) is 10.6. The number of amides is 2. The van der Waals surface area contributed by atoms with Crippen molar-refractivity contribution < 1.29 is 14.3 Å². The Morgan fingerprint density at radius 2 is 2.00 bits per heavy atom. The van der Waals surface area contributed by atoms with E-state index in [1.54, 1.807) is 18.2 Å². The Labute approximate surface area is 186 Å². The molecule has 2 amide bonds. The first kappa shape index (κ1) is 20.1. The number of likely N-dealkylation sites (N-methyl/N-ethyl adjacent to an activating group) is 1. The number of rotatable bonds is 4. The van der Waals surface area contributed by atoms with Crippen LogP contribution in [0.4, 0.5) is 5.69 Å². The summed E-state index contributed by atoms with van der Waals surface area (Å²) in [6.45, 7) is 1.19. The fourth-order valence-corrected chi connectivity index (χ4v) is 4.19. The summed E-state index contributed by atoms with van der Waals surface area (Å²) in [4.78, 5) is 27.5. The summed E-state index contributed by atoms with van der Waals surface area (Å²) in [5, 5.41) is 10.1. The number of aryl methyl sites for hydroxylation is 1. The number of carbonyl (C=O) groups excluding carboxylic acids is 2. The van der Waals surface area contributed by atoms with Gasteiger partial charge in [0, 0.05) is 38.0 Å². The summed E-state index contributed by atoms with van der Waals surface area (Å²) in [7, 11) is 3.68. The Morgan fingerprint density at radius 1 is 1.19 bits per heavy atom. The van der Waals surface area contributed by atoms with Gasteiger partial charge in [0.15, 0.2) is 0 Å². The van der Waals surface area contributed by atoms with Crippen LogP contribution in [0.2, 0.25) is 0 Å². The Morgan fingerprint density at radius 3 is 2.81 bits per heavy atom. The zero-order chi connectivity index (χ0) is 22.2. The molecule has 3 heterocycles. The Bertz CT molecular complexity index is 1200. The molecule has 1 N–H and O–H groups in total. The molecule has 32 heavy (non-hydrogen) atoms. The van der Waals surface area contributed by atoms with Crippen molar-refractivity contribution in [2.75, 3.05) is 25.1 Å². The second-order valence-electron chi connectivity index (χ2n) is 8.28. The van der Waals surface area contributed by atoms with Crippen LogP contribution in [0, 0.1) is 5.92 Å². The molecule has 0 fully saturated rings. The molecule has 0 bridgehead atoms. The van der Waals surface area contributed by atoms with E-state index in [2.05, 4.69) is 10.4 Å². The second kappa shape index (κ2) is 8.03. The predicted molar refractivity (Wildman–Crippen MR) is 123 cm³/mol. The van der Waals surface area contributed by atoms with Gasteiger partial charge in [-0.1, -0.05) is 30.3 Å². The summed E-state index contributed by atoms with van der Waals surface area (Å²) in [5.74, 6) is -0.215. The molecule has 1 aromatic heterocycles. The summed E-state index contributed by atoms with van der Waals surface area (Å²) in [6, 6.07) is 15.1. The van der Waals surface area contributed by atoms with Gasteiger partial charge in [-0.05, 0) is 17.7 Å². The minimum Gasteiger partial charge on any atom is -0.489 e. The monoisotopic (exact) mass is 431 g/mol. The standard InChI is InChI=1S/C24H25N5O3/c1-27-9-8-17-10-21-22(11-20(17)27)32-15-19(24(31)28(21)2)26-23(30)18-12-25-29(14-18)13-16-6-4-3-5-7-16/h3-12,18-19H,13-15H2,1-2H3,(H,26,30)/t18?,19-/m1/s1. The van der Waals surface area contributed by atoms with Gasteiger partial charge < -0.3 is 19.5 Å². The molecule has 0 saturated heterocycles. The second-order valence-corrected chi connectivity index (χ2v) is 8.28. The van der Waals surface area contributed by atoms with E-state index in [4.69, 9.17) is 4.74 Å². The van der Waals surface area contributed by atoms with Crippen LogP contribution >= 0.6 is 0 Å². The topological polar surface area (TPSA) is 79.2 Å². The molecule has 2 aliphatic rings. The molecule has 0 saturated carbocycles. The van der Waals surface area contributed by atoms with E-state index in [-0.39, 0.29) is 18.4 Å². The fraction of sp³-hybridized carbons (Fsp3) is 0.292. The van der Waals surface area contributed by atoms with Crippen molar-refractivity contribution in [2.45, 2.75) is 12.6 Å². The van der Waals surface area contributed by atoms with Gasteiger partial charge >= 0.3 is 0 Å². The number of fused-ring (bicyclic) bond motifs is 2. The third-order valence-corrected chi connectivity index (χ3v) is 6.04. The Balaban J connectivity index is 1.26. The number of anilines is 1. The van der Waals surface area contributed by atoms with E-state index in [1.807, 2.05) is 71.4 Å². The molecule has 0 radical (unpaired) electrons. The van der Waals surface area contributed by atoms with E-state index in [1.165, 1.54) is 0 Å². The maximum absolute atomic E-state index is 13.1. The van der Waals surface area contributed by atoms with Gasteiger partial charge in [-0.3, -0.25) is 14.6 Å². The predicted octanol–water partition coefficient (Wildman–Crippen LogP) is 2.14. The van der Waals surface area contributed by atoms with Crippen molar-refractivity contribution in [2.24, 2.45) is 18.1 Å². The Kier molecular flexibility index (Phi) is 5.05. The number of hydrazone groups is 1. The molecule has 1 unspecified atom stereocenters. The Hall–Kier alpha value is -3.81. The molecule has 0 spiro atoms. The van der Waals surface area contributed by atoms with Crippen LogP contribution in [-0.4, -0.2) is 53.8 Å². The minimum absolute atomic E-state index is 0.0788. The number of hydrogen-bond acceptors (Lipinski definition) is 5. The zero-order valence-electron chi connectivity index (χ0n) is 18.1. The molecule has 2 aliphatic heterocycles. The van der Waals surface area contributed by atoms with Crippen LogP contribution in [0.1, 0.15) is 5.56 Å². The van der Waals surface area contributed by atoms with Crippen LogP contribution in [0.15, 0.2) is 59.8 Å². The van der Waals surface area contributed by atoms with Crippen LogP contribution in [-0.2, 0) is 23.2 Å². The highest BCUT2D eigenvalue weighted by Gasteiger charge is 2.33. The van der Waals surface area contributed by atoms with Gasteiger partial charge in [0.05, 0.1) is 30.2 Å². The number of carbonyl (C=O) groups is 2. The lowest BCUT2D eigenvalue weighted by atomic mass is 10.1. The number of benzene rings is 2. The molecule has 2 aromatic carbocycles. The molecule has 2 atom stereocenters. The average Bonchev–Trinajstić information content (AvgIpc) is 3.39. The van der Waals surface area contributed by atoms with E-state index >= 15 is 0 Å². The van der Waals surface area contributed by atoms with Crippen LogP contribution in [0.25, 0.3) is 10.9 Å². The number of hydrogen-bond donors (Lipinski definition) is 1. The van der Waals surface area contributed by atoms with Gasteiger partial charge in [0.2, 0.25) is 5.91 Å². The first-order valence-electron chi connectivity index (χ1n) is 10.6. The fourth-order valence-electron chi connectivity index (χ4n) is 4.19. The van der Waals surface area contributed by atoms with Gasteiger partial charge in [-0.25, -0.2) is 0 Å². The van der Waals surface area contributed by atoms with Crippen molar-refractivity contribution in [3.05, 3.63) is 60.3 Å². The van der Waals surface area contributed by atoms with Crippen molar-refractivity contribution >= 4 is 34.6 Å². The van der Waals surface area contributed by atoms with E-state index < -0.39 is 12.0 Å². The van der Waals surface area contributed by atoms with Gasteiger partial charge in [-0.2, -0.15) is 5.10 Å². The van der Waals surface area contributed by atoms with E-state index in [0.717, 1.165) is 16.5 Å². The summed E-state index contributed by atoms with van der Waals surface area (Å²) in [6.07, 6.45) is 3.62. The highest BCUT2D eigenvalue weighted by molar-refractivity contribution is 6.04. The molecule has 0 aliphatic carbocycles. The van der Waals surface area contributed by atoms with Gasteiger partial charge in [-0.15, -0.1) is 0 Å². The van der Waals surface area contributed by atoms with E-state index in [9.17, 15) is 9.59 Å². The number of nitrogens with one attached hydrogen (secondary N) is 1. The number of nitrogens with zero attached hydrogens (tertiary/aromatic N) is 4. The van der Waals surface area contributed by atoms with Gasteiger partial charge in [0.1, 0.15) is 18.4 Å². The third kappa shape index (κ3) is 3.68. The smallest absolute Gasteiger partial charge is 0.252 e. The van der Waals surface area contributed by atoms with Crippen molar-refractivity contribution in [1.29, 1.82) is 0 Å². The van der Waals surface area contributed by atoms with Crippen molar-refractivity contribution in [1.82, 2.24) is 14.9 Å². The minimum atomic E-state index is -0.764. The molecule has 8 nitrogen and oxygen atoms in total. The van der Waals surface area contributed by atoms with Gasteiger partial charge in [0.25, 0.3) is 5.91 Å². The number of aromatic nitrogens is 1. The maximum Gasteiger partial charge on any atom is 0.252 e. The quantitative estimate of drug-likeness (QED) is 0.687. The summed E-state index contributed by atoms with van der Waals surface area (Å²) >= 11 is 0. The van der Waals surface area contributed by atoms with Crippen molar-refractivity contribution in [3.8, 4) is 5.75 Å². The van der Waals surface area contributed by atoms with E-state index in [0.29, 0.717) is 24.5 Å². The molecular formula is C24H25N5O3. The SMILES string of the molecule is CN1C(=O)[C@H](NC(=O)C2C=NN(Cc3ccccc3)C2)COc2cc3c(ccn3C)cc21. The normalized spacial score (nSPS) is 20.2. The lowest BCUT2D eigenvalue weighted by Crippen LogP contribution is -2.51. The molecule has 3 aromatic rings. The first-order chi connectivity index (χ1) is 15.5. The zero-order valence-corrected chi connectivity index (χ0v) is 18.1. The lowest BCUT2D eigenvalue weighted by molar-refractivity contribution is -0.129. The summed E-state index contributed by atoms with van der Waals surface area (Å²) in [5.41, 5.74) is 2.85. The lowest BCUT2D eigenvalue weighted by Gasteiger charge is -2.22. The molecule has 5 rings (SSSR count). The van der Waals surface area contributed by atoms with Crippen LogP contribution < -0.4 is 15.0 Å². The van der Waals surface area contributed by atoms with Crippen LogP contribution in [0.3, 0.4) is 0 Å². The highest BCUT2D eigenvalue weighted by Crippen LogP contribution is 2.35. The molecular weight excluding hydrogens is 406 g/mol. The number of ether oxygens (including phenoxy) is 1. The van der Waals surface area contributed by atoms with Crippen LogP contribution in [0.5, 0.6) is 5.75 Å².